The van der Waals surface area contributed by atoms with Crippen LogP contribution in [0.3, 0.4) is 0 Å². The highest BCUT2D eigenvalue weighted by Crippen LogP contribution is 2.37. The third kappa shape index (κ3) is 4.10. The summed E-state index contributed by atoms with van der Waals surface area (Å²) in [5.74, 6) is 0.553. The highest BCUT2D eigenvalue weighted by atomic mass is 19.1. The molecule has 1 aromatic carbocycles. The van der Waals surface area contributed by atoms with Gasteiger partial charge in [0, 0.05) is 43.1 Å². The number of aromatic nitrogens is 5. The molecule has 4 aromatic heterocycles. The monoisotopic (exact) mass is 501 g/mol. The number of pyridine rings is 1. The van der Waals surface area contributed by atoms with Crippen molar-refractivity contribution in [1.82, 2.24) is 35.1 Å². The lowest BCUT2D eigenvalue weighted by Gasteiger charge is -2.22. The van der Waals surface area contributed by atoms with E-state index >= 15 is 0 Å². The van der Waals surface area contributed by atoms with Crippen molar-refractivity contribution in [3.63, 3.8) is 0 Å². The molecule has 6 rings (SSSR count). The highest BCUT2D eigenvalue weighted by molar-refractivity contribution is 6.14. The van der Waals surface area contributed by atoms with Gasteiger partial charge in [-0.25, -0.2) is 19.3 Å². The van der Waals surface area contributed by atoms with E-state index < -0.39 is 0 Å². The number of carbonyl (C=O) groups excluding carboxylic acids is 1. The zero-order chi connectivity index (χ0) is 25.7. The summed E-state index contributed by atoms with van der Waals surface area (Å²) in [6.07, 6.45) is 2.78. The highest BCUT2D eigenvalue weighted by Gasteiger charge is 2.28. The molecule has 0 saturated carbocycles. The Labute approximate surface area is 212 Å². The minimum atomic E-state index is -0.334. The molecule has 1 unspecified atom stereocenters. The Balaban J connectivity index is 1.38. The first-order valence-electron chi connectivity index (χ1n) is 12.2. The van der Waals surface area contributed by atoms with Gasteiger partial charge in [0.1, 0.15) is 28.6 Å². The van der Waals surface area contributed by atoms with Crippen LogP contribution in [0.1, 0.15) is 22.7 Å². The van der Waals surface area contributed by atoms with Crippen molar-refractivity contribution in [2.24, 2.45) is 0 Å². The van der Waals surface area contributed by atoms with Crippen molar-refractivity contribution in [2.75, 3.05) is 44.4 Å². The van der Waals surface area contributed by atoms with Gasteiger partial charge < -0.3 is 30.4 Å². The molecule has 1 aliphatic rings. The third-order valence-electron chi connectivity index (χ3n) is 7.06. The van der Waals surface area contributed by atoms with E-state index in [2.05, 4.69) is 49.5 Å². The molecular formula is C26H28FN9O. The van der Waals surface area contributed by atoms with Crippen molar-refractivity contribution in [3.05, 3.63) is 53.9 Å². The van der Waals surface area contributed by atoms with E-state index in [4.69, 9.17) is 9.97 Å². The standard InChI is InChI=1S/C26H28FN9O/c1-28-19-11-15(27)10-17-21-24(34-22(17)19)32-20(33-25(21)36-9-7-16(13-36)35(2)3)12-30-26(37)18-5-4-14-6-8-29-23(14)31-18/h4-6,8,10-11,16,28H,7,9,12-13H2,1-3H3,(H,29,31)(H,30,37)(H,32,33,34). The second-order valence-electron chi connectivity index (χ2n) is 9.58. The fraction of sp³-hybridized carbons (Fsp3) is 0.308. The molecule has 1 saturated heterocycles. The summed E-state index contributed by atoms with van der Waals surface area (Å²) in [7, 11) is 5.90. The number of rotatable bonds is 6. The number of nitrogens with one attached hydrogen (secondary N) is 4. The van der Waals surface area contributed by atoms with Crippen LogP contribution in [0.25, 0.3) is 33.0 Å². The zero-order valence-corrected chi connectivity index (χ0v) is 20.9. The lowest BCUT2D eigenvalue weighted by atomic mass is 10.1. The minimum Gasteiger partial charge on any atom is -0.386 e. The molecule has 1 amide bonds. The summed E-state index contributed by atoms with van der Waals surface area (Å²) in [5, 5.41) is 8.39. The maximum absolute atomic E-state index is 14.5. The lowest BCUT2D eigenvalue weighted by Crippen LogP contribution is -2.32. The molecule has 0 radical (unpaired) electrons. The Morgan fingerprint density at radius 3 is 2.84 bits per heavy atom. The fourth-order valence-corrected chi connectivity index (χ4v) is 5.06. The topological polar surface area (TPSA) is 118 Å². The minimum absolute atomic E-state index is 0.125. The van der Waals surface area contributed by atoms with Gasteiger partial charge in [-0.3, -0.25) is 4.79 Å². The second-order valence-corrected chi connectivity index (χ2v) is 9.58. The molecule has 1 fully saturated rings. The smallest absolute Gasteiger partial charge is 0.270 e. The molecule has 0 aliphatic carbocycles. The predicted molar refractivity (Wildman–Crippen MR) is 142 cm³/mol. The molecule has 37 heavy (non-hydrogen) atoms. The van der Waals surface area contributed by atoms with E-state index in [0.717, 1.165) is 47.0 Å². The Hall–Kier alpha value is -4.25. The van der Waals surface area contributed by atoms with Crippen molar-refractivity contribution < 1.29 is 9.18 Å². The van der Waals surface area contributed by atoms with Gasteiger partial charge in [-0.2, -0.15) is 0 Å². The van der Waals surface area contributed by atoms with E-state index in [9.17, 15) is 9.18 Å². The largest absolute Gasteiger partial charge is 0.386 e. The van der Waals surface area contributed by atoms with E-state index in [1.807, 2.05) is 12.1 Å². The van der Waals surface area contributed by atoms with Crippen molar-refractivity contribution in [2.45, 2.75) is 19.0 Å². The third-order valence-corrected chi connectivity index (χ3v) is 7.06. The van der Waals surface area contributed by atoms with Gasteiger partial charge in [0.25, 0.3) is 5.91 Å². The van der Waals surface area contributed by atoms with Crippen LogP contribution in [0.5, 0.6) is 0 Å². The van der Waals surface area contributed by atoms with E-state index in [0.29, 0.717) is 34.5 Å². The maximum Gasteiger partial charge on any atom is 0.270 e. The molecule has 0 bridgehead atoms. The first-order chi connectivity index (χ1) is 17.9. The zero-order valence-electron chi connectivity index (χ0n) is 20.9. The number of H-pyrrole nitrogens is 2. The van der Waals surface area contributed by atoms with Gasteiger partial charge in [-0.1, -0.05) is 0 Å². The van der Waals surface area contributed by atoms with Gasteiger partial charge in [0.05, 0.1) is 23.1 Å². The summed E-state index contributed by atoms with van der Waals surface area (Å²) < 4.78 is 14.5. The average molecular weight is 502 g/mol. The van der Waals surface area contributed by atoms with Crippen LogP contribution in [0.15, 0.2) is 36.5 Å². The van der Waals surface area contributed by atoms with E-state index in [-0.39, 0.29) is 18.3 Å². The van der Waals surface area contributed by atoms with Gasteiger partial charge >= 0.3 is 0 Å². The summed E-state index contributed by atoms with van der Waals surface area (Å²) in [6, 6.07) is 8.81. The SMILES string of the molecule is CNc1cc(F)cc2c1[nH]c1nc(CNC(=O)c3ccc4cc[nH]c4n3)nc(N3CCC(N(C)C)C3)c12. The molecule has 5 heterocycles. The Kier molecular flexibility index (Phi) is 5.64. The molecule has 190 valence electrons. The summed E-state index contributed by atoms with van der Waals surface area (Å²) in [4.78, 5) is 37.6. The number of halogens is 1. The molecule has 5 aromatic rings. The van der Waals surface area contributed by atoms with Crippen LogP contribution in [0.4, 0.5) is 15.9 Å². The van der Waals surface area contributed by atoms with Crippen molar-refractivity contribution in [1.29, 1.82) is 0 Å². The molecule has 1 aliphatic heterocycles. The number of likely N-dealkylation sites (N-methyl/N-ethyl adjacent to an activating group) is 1. The van der Waals surface area contributed by atoms with Crippen molar-refractivity contribution >= 4 is 50.4 Å². The molecule has 4 N–H and O–H groups in total. The Morgan fingerprint density at radius 2 is 2.05 bits per heavy atom. The maximum atomic E-state index is 14.5. The molecule has 11 heteroatoms. The summed E-state index contributed by atoms with van der Waals surface area (Å²) >= 11 is 0. The Morgan fingerprint density at radius 1 is 1.19 bits per heavy atom. The van der Waals surface area contributed by atoms with Gasteiger partial charge in [0.2, 0.25) is 0 Å². The van der Waals surface area contributed by atoms with E-state index in [1.165, 1.54) is 12.1 Å². The number of amides is 1. The molecular weight excluding hydrogens is 473 g/mol. The van der Waals surface area contributed by atoms with Crippen molar-refractivity contribution in [3.8, 4) is 0 Å². The number of aromatic amines is 2. The Bertz CT molecular complexity index is 1640. The van der Waals surface area contributed by atoms with Crippen LogP contribution in [-0.2, 0) is 6.54 Å². The van der Waals surface area contributed by atoms with Crippen LogP contribution in [-0.4, -0.2) is 76.0 Å². The van der Waals surface area contributed by atoms with Crippen LogP contribution < -0.4 is 15.5 Å². The number of benzene rings is 1. The number of hydrogen-bond acceptors (Lipinski definition) is 7. The average Bonchev–Trinajstić information content (AvgIpc) is 3.64. The quantitative estimate of drug-likeness (QED) is 0.282. The van der Waals surface area contributed by atoms with Crippen LogP contribution in [0, 0.1) is 5.82 Å². The molecule has 1 atom stereocenters. The van der Waals surface area contributed by atoms with Crippen LogP contribution in [0.2, 0.25) is 0 Å². The summed E-state index contributed by atoms with van der Waals surface area (Å²) in [6.45, 7) is 1.74. The summed E-state index contributed by atoms with van der Waals surface area (Å²) in [5.41, 5.74) is 2.98. The number of anilines is 2. The normalized spacial score (nSPS) is 15.9. The second kappa shape index (κ2) is 9.00. The van der Waals surface area contributed by atoms with Gasteiger partial charge in [-0.05, 0) is 50.8 Å². The first-order valence-corrected chi connectivity index (χ1v) is 12.2. The number of nitrogens with zero attached hydrogens (tertiary/aromatic N) is 5. The predicted octanol–water partition coefficient (Wildman–Crippen LogP) is 3.24. The number of carbonyl (C=O) groups is 1. The van der Waals surface area contributed by atoms with Gasteiger partial charge in [0.15, 0.2) is 5.82 Å². The van der Waals surface area contributed by atoms with Crippen LogP contribution >= 0.6 is 0 Å². The first kappa shape index (κ1) is 23.2. The van der Waals surface area contributed by atoms with E-state index in [1.54, 1.807) is 19.3 Å². The number of fused-ring (bicyclic) bond motifs is 4. The van der Waals surface area contributed by atoms with Gasteiger partial charge in [-0.15, -0.1) is 0 Å². The molecule has 0 spiro atoms. The molecule has 10 nitrogen and oxygen atoms in total. The lowest BCUT2D eigenvalue weighted by molar-refractivity contribution is 0.0945. The fourth-order valence-electron chi connectivity index (χ4n) is 5.06. The number of hydrogen-bond donors (Lipinski definition) is 4.